The Hall–Kier alpha value is -2.41. The summed E-state index contributed by atoms with van der Waals surface area (Å²) in [7, 11) is 0. The molecular weight excluding hydrogens is 302 g/mol. The van der Waals surface area contributed by atoms with Crippen LogP contribution in [0.3, 0.4) is 0 Å². The molecule has 0 spiro atoms. The summed E-state index contributed by atoms with van der Waals surface area (Å²) in [5.41, 5.74) is 0.363. The van der Waals surface area contributed by atoms with E-state index in [1.165, 1.54) is 23.9 Å². The Morgan fingerprint density at radius 3 is 2.82 bits per heavy atom. The van der Waals surface area contributed by atoms with Crippen LogP contribution in [0.5, 0.6) is 0 Å². The monoisotopic (exact) mass is 317 g/mol. The van der Waals surface area contributed by atoms with E-state index in [0.29, 0.717) is 12.1 Å². The SMILES string of the molecule is CCC(Sc1ccccn1)C(=O)Nc1cccc([N+](=O)[O-])c1. The highest BCUT2D eigenvalue weighted by Crippen LogP contribution is 2.25. The van der Waals surface area contributed by atoms with E-state index in [0.717, 1.165) is 5.03 Å². The molecule has 7 heteroatoms. The molecule has 1 amide bonds. The molecule has 1 unspecified atom stereocenters. The topological polar surface area (TPSA) is 85.1 Å². The molecule has 1 aromatic heterocycles. The maximum Gasteiger partial charge on any atom is 0.271 e. The summed E-state index contributed by atoms with van der Waals surface area (Å²) < 4.78 is 0. The number of nitro groups is 1. The predicted molar refractivity (Wildman–Crippen MR) is 85.9 cm³/mol. The highest BCUT2D eigenvalue weighted by molar-refractivity contribution is 8.00. The number of anilines is 1. The summed E-state index contributed by atoms with van der Waals surface area (Å²) in [6.07, 6.45) is 2.30. The van der Waals surface area contributed by atoms with E-state index in [4.69, 9.17) is 0 Å². The van der Waals surface area contributed by atoms with Gasteiger partial charge in [0.25, 0.3) is 5.69 Å². The number of nitro benzene ring substituents is 1. The molecule has 6 nitrogen and oxygen atoms in total. The molecule has 0 radical (unpaired) electrons. The van der Waals surface area contributed by atoms with Gasteiger partial charge in [-0.2, -0.15) is 0 Å². The minimum Gasteiger partial charge on any atom is -0.325 e. The second-order valence-corrected chi connectivity index (χ2v) is 5.70. The molecule has 1 N–H and O–H groups in total. The van der Waals surface area contributed by atoms with Gasteiger partial charge < -0.3 is 5.32 Å². The van der Waals surface area contributed by atoms with Crippen molar-refractivity contribution < 1.29 is 9.72 Å². The van der Waals surface area contributed by atoms with Gasteiger partial charge in [-0.05, 0) is 24.6 Å². The summed E-state index contributed by atoms with van der Waals surface area (Å²) in [5, 5.41) is 13.9. The number of nitrogens with one attached hydrogen (secondary N) is 1. The third-order valence-corrected chi connectivity index (χ3v) is 4.20. The van der Waals surface area contributed by atoms with Gasteiger partial charge in [0.1, 0.15) is 0 Å². The quantitative estimate of drug-likeness (QED) is 0.500. The van der Waals surface area contributed by atoms with Crippen molar-refractivity contribution in [1.29, 1.82) is 0 Å². The summed E-state index contributed by atoms with van der Waals surface area (Å²) in [5.74, 6) is -0.196. The second kappa shape index (κ2) is 7.56. The van der Waals surface area contributed by atoms with E-state index in [1.807, 2.05) is 25.1 Å². The van der Waals surface area contributed by atoms with Crippen molar-refractivity contribution in [3.8, 4) is 0 Å². The lowest BCUT2D eigenvalue weighted by Gasteiger charge is -2.14. The van der Waals surface area contributed by atoms with E-state index in [1.54, 1.807) is 18.3 Å². The molecule has 114 valence electrons. The van der Waals surface area contributed by atoms with E-state index in [2.05, 4.69) is 10.3 Å². The third kappa shape index (κ3) is 4.29. The zero-order valence-electron chi connectivity index (χ0n) is 11.9. The maximum atomic E-state index is 12.3. The van der Waals surface area contributed by atoms with E-state index in [9.17, 15) is 14.9 Å². The number of non-ortho nitro benzene ring substituents is 1. The molecular formula is C15H15N3O3S. The average Bonchev–Trinajstić information content (AvgIpc) is 2.53. The molecule has 1 heterocycles. The Kier molecular flexibility index (Phi) is 5.48. The normalized spacial score (nSPS) is 11.7. The molecule has 0 aliphatic carbocycles. The first kappa shape index (κ1) is 16.0. The standard InChI is InChI=1S/C15H15N3O3S/c1-2-13(22-14-8-3-4-9-16-14)15(19)17-11-6-5-7-12(10-11)18(20)21/h3-10,13H,2H2,1H3,(H,17,19). The van der Waals surface area contributed by atoms with E-state index < -0.39 is 4.92 Å². The Balaban J connectivity index is 2.06. The van der Waals surface area contributed by atoms with Crippen molar-refractivity contribution in [3.63, 3.8) is 0 Å². The third-order valence-electron chi connectivity index (χ3n) is 2.89. The van der Waals surface area contributed by atoms with Crippen LogP contribution in [0.1, 0.15) is 13.3 Å². The Morgan fingerprint density at radius 1 is 1.36 bits per heavy atom. The van der Waals surface area contributed by atoms with Crippen molar-refractivity contribution >= 4 is 29.0 Å². The molecule has 0 aliphatic heterocycles. The zero-order valence-corrected chi connectivity index (χ0v) is 12.7. The summed E-state index contributed by atoms with van der Waals surface area (Å²) in [6, 6.07) is 11.4. The number of pyridine rings is 1. The fourth-order valence-corrected chi connectivity index (χ4v) is 2.71. The fraction of sp³-hybridized carbons (Fsp3) is 0.200. The minimum atomic E-state index is -0.490. The van der Waals surface area contributed by atoms with Crippen LogP contribution in [-0.2, 0) is 4.79 Å². The zero-order chi connectivity index (χ0) is 15.9. The van der Waals surface area contributed by atoms with Crippen LogP contribution in [0.4, 0.5) is 11.4 Å². The number of thioether (sulfide) groups is 1. The molecule has 0 fully saturated rings. The second-order valence-electron chi connectivity index (χ2n) is 4.48. The van der Waals surface area contributed by atoms with Crippen molar-refractivity contribution in [2.45, 2.75) is 23.6 Å². The molecule has 2 aromatic rings. The summed E-state index contributed by atoms with van der Waals surface area (Å²) in [6.45, 7) is 1.91. The number of rotatable bonds is 6. The Labute approximate surface area is 132 Å². The summed E-state index contributed by atoms with van der Waals surface area (Å²) in [4.78, 5) is 26.7. The smallest absolute Gasteiger partial charge is 0.271 e. The number of aromatic nitrogens is 1. The van der Waals surface area contributed by atoms with Crippen LogP contribution in [0, 0.1) is 10.1 Å². The average molecular weight is 317 g/mol. The summed E-state index contributed by atoms with van der Waals surface area (Å²) >= 11 is 1.37. The van der Waals surface area contributed by atoms with Gasteiger partial charge >= 0.3 is 0 Å². The van der Waals surface area contributed by atoms with Gasteiger partial charge in [0.15, 0.2) is 0 Å². The molecule has 1 atom stereocenters. The van der Waals surface area contributed by atoms with Crippen LogP contribution < -0.4 is 5.32 Å². The lowest BCUT2D eigenvalue weighted by Crippen LogP contribution is -2.24. The first-order valence-electron chi connectivity index (χ1n) is 6.73. The van der Waals surface area contributed by atoms with Gasteiger partial charge in [-0.25, -0.2) is 4.98 Å². The largest absolute Gasteiger partial charge is 0.325 e. The molecule has 1 aromatic carbocycles. The van der Waals surface area contributed by atoms with Crippen LogP contribution in [0.25, 0.3) is 0 Å². The highest BCUT2D eigenvalue weighted by Gasteiger charge is 2.19. The number of carbonyl (C=O) groups excluding carboxylic acids is 1. The van der Waals surface area contributed by atoms with Crippen LogP contribution in [0.2, 0.25) is 0 Å². The van der Waals surface area contributed by atoms with Crippen molar-refractivity contribution in [2.75, 3.05) is 5.32 Å². The fourth-order valence-electron chi connectivity index (χ4n) is 1.80. The Bertz CT molecular complexity index is 664. The van der Waals surface area contributed by atoms with Gasteiger partial charge in [0.05, 0.1) is 15.2 Å². The van der Waals surface area contributed by atoms with Crippen LogP contribution in [0.15, 0.2) is 53.7 Å². The number of amides is 1. The maximum absolute atomic E-state index is 12.3. The first-order chi connectivity index (χ1) is 10.6. The minimum absolute atomic E-state index is 0.0526. The molecule has 2 rings (SSSR count). The van der Waals surface area contributed by atoms with Crippen molar-refractivity contribution in [3.05, 3.63) is 58.8 Å². The first-order valence-corrected chi connectivity index (χ1v) is 7.61. The van der Waals surface area contributed by atoms with E-state index >= 15 is 0 Å². The van der Waals surface area contributed by atoms with Gasteiger partial charge in [-0.15, -0.1) is 0 Å². The molecule has 0 saturated heterocycles. The Morgan fingerprint density at radius 2 is 2.18 bits per heavy atom. The molecule has 0 bridgehead atoms. The van der Waals surface area contributed by atoms with Gasteiger partial charge in [0, 0.05) is 24.0 Å². The van der Waals surface area contributed by atoms with Crippen molar-refractivity contribution in [1.82, 2.24) is 4.98 Å². The molecule has 22 heavy (non-hydrogen) atoms. The number of hydrogen-bond donors (Lipinski definition) is 1. The van der Waals surface area contributed by atoms with Gasteiger partial charge in [0.2, 0.25) is 5.91 Å². The molecule has 0 saturated carbocycles. The number of nitrogens with zero attached hydrogens (tertiary/aromatic N) is 2. The molecule has 0 aliphatic rings. The predicted octanol–water partition coefficient (Wildman–Crippen LogP) is 3.50. The number of benzene rings is 1. The number of hydrogen-bond acceptors (Lipinski definition) is 5. The van der Waals surface area contributed by atoms with E-state index in [-0.39, 0.29) is 16.8 Å². The van der Waals surface area contributed by atoms with Crippen LogP contribution >= 0.6 is 11.8 Å². The highest BCUT2D eigenvalue weighted by atomic mass is 32.2. The van der Waals surface area contributed by atoms with Crippen molar-refractivity contribution in [2.24, 2.45) is 0 Å². The van der Waals surface area contributed by atoms with Gasteiger partial charge in [-0.1, -0.05) is 30.8 Å². The van der Waals surface area contributed by atoms with Gasteiger partial charge in [-0.3, -0.25) is 14.9 Å². The lowest BCUT2D eigenvalue weighted by atomic mass is 10.2. The lowest BCUT2D eigenvalue weighted by molar-refractivity contribution is -0.384. The number of carbonyl (C=O) groups is 1. The van der Waals surface area contributed by atoms with Crippen LogP contribution in [-0.4, -0.2) is 21.1 Å².